The van der Waals surface area contributed by atoms with E-state index in [2.05, 4.69) is 50.8 Å². The van der Waals surface area contributed by atoms with E-state index >= 15 is 0 Å². The third-order valence-corrected chi connectivity index (χ3v) is 7.23. The summed E-state index contributed by atoms with van der Waals surface area (Å²) < 4.78 is 7.62. The van der Waals surface area contributed by atoms with E-state index in [1.54, 1.807) is 11.1 Å². The number of benzene rings is 1. The normalized spacial score (nSPS) is 16.5. The number of nitrogens with two attached hydrogens (primary N) is 1. The smallest absolute Gasteiger partial charge is 0.410 e. The van der Waals surface area contributed by atoms with Gasteiger partial charge in [0.1, 0.15) is 16.9 Å². The van der Waals surface area contributed by atoms with Gasteiger partial charge in [0.15, 0.2) is 11.5 Å². The zero-order valence-electron chi connectivity index (χ0n) is 22.8. The minimum absolute atomic E-state index is 0.234. The Morgan fingerprint density at radius 2 is 1.74 bits per heavy atom. The number of aromatic nitrogens is 4. The zero-order valence-corrected chi connectivity index (χ0v) is 22.8. The minimum atomic E-state index is -0.478. The molecule has 0 spiro atoms. The van der Waals surface area contributed by atoms with Crippen LogP contribution in [-0.2, 0) is 11.3 Å². The maximum Gasteiger partial charge on any atom is 0.410 e. The number of amides is 1. The molecule has 4 aromatic rings. The molecular weight excluding hydrogens is 490 g/mol. The number of ether oxygens (including phenoxy) is 1. The molecule has 2 aliphatic rings. The van der Waals surface area contributed by atoms with Crippen molar-refractivity contribution in [1.82, 2.24) is 29.3 Å². The van der Waals surface area contributed by atoms with Crippen molar-refractivity contribution in [2.45, 2.75) is 51.7 Å². The standard InChI is InChI=1S/C30H35N7O2/c1-30(2,3)39-29(38)36-17-15-35(16-18-36)19-20-6-10-22(11-7-20)37-27(23-5-4-14-32-26(23)31)34-25-13-12-24(21-8-9-21)33-28(25)37/h4-7,10-14,21H,8-9,15-19H2,1-3H3,(H2,31,32). The monoisotopic (exact) mass is 525 g/mol. The molecule has 1 amide bonds. The molecule has 1 aromatic carbocycles. The van der Waals surface area contributed by atoms with Gasteiger partial charge in [-0.2, -0.15) is 0 Å². The van der Waals surface area contributed by atoms with Gasteiger partial charge in [-0.15, -0.1) is 0 Å². The summed E-state index contributed by atoms with van der Waals surface area (Å²) in [5.74, 6) is 1.73. The van der Waals surface area contributed by atoms with E-state index in [-0.39, 0.29) is 6.09 Å². The molecule has 202 valence electrons. The molecule has 9 nitrogen and oxygen atoms in total. The van der Waals surface area contributed by atoms with E-state index in [1.165, 1.54) is 18.4 Å². The summed E-state index contributed by atoms with van der Waals surface area (Å²) in [7, 11) is 0. The fraction of sp³-hybridized carbons (Fsp3) is 0.400. The Morgan fingerprint density at radius 3 is 2.41 bits per heavy atom. The van der Waals surface area contributed by atoms with Gasteiger partial charge in [0.25, 0.3) is 0 Å². The predicted molar refractivity (Wildman–Crippen MR) is 152 cm³/mol. The second-order valence-electron chi connectivity index (χ2n) is 11.5. The SMILES string of the molecule is CC(C)(C)OC(=O)N1CCN(Cc2ccc(-n3c(-c4cccnc4N)nc4ccc(C5CC5)nc43)cc2)CC1. The number of hydrogen-bond donors (Lipinski definition) is 1. The van der Waals surface area contributed by atoms with Gasteiger partial charge in [-0.05, 0) is 75.6 Å². The van der Waals surface area contributed by atoms with Gasteiger partial charge in [0.05, 0.1) is 5.56 Å². The maximum absolute atomic E-state index is 12.4. The van der Waals surface area contributed by atoms with Crippen LogP contribution in [0.3, 0.4) is 0 Å². The number of piperazine rings is 1. The predicted octanol–water partition coefficient (Wildman–Crippen LogP) is 4.99. The lowest BCUT2D eigenvalue weighted by Crippen LogP contribution is -2.49. The van der Waals surface area contributed by atoms with E-state index in [0.29, 0.717) is 24.8 Å². The molecular formula is C30H35N7O2. The van der Waals surface area contributed by atoms with Crippen LogP contribution in [0.4, 0.5) is 10.6 Å². The van der Waals surface area contributed by atoms with E-state index in [0.717, 1.165) is 53.6 Å². The average Bonchev–Trinajstić information content (AvgIpc) is 3.69. The van der Waals surface area contributed by atoms with Crippen molar-refractivity contribution in [3.63, 3.8) is 0 Å². The number of anilines is 1. The van der Waals surface area contributed by atoms with Crippen LogP contribution in [0.5, 0.6) is 0 Å². The molecule has 2 N–H and O–H groups in total. The van der Waals surface area contributed by atoms with Crippen molar-refractivity contribution >= 4 is 23.1 Å². The molecule has 4 heterocycles. The Morgan fingerprint density at radius 1 is 1.00 bits per heavy atom. The molecule has 1 saturated heterocycles. The summed E-state index contributed by atoms with van der Waals surface area (Å²) in [6.07, 6.45) is 3.84. The number of pyridine rings is 2. The summed E-state index contributed by atoms with van der Waals surface area (Å²) >= 11 is 0. The molecule has 3 aromatic heterocycles. The summed E-state index contributed by atoms with van der Waals surface area (Å²) in [5, 5.41) is 0. The van der Waals surface area contributed by atoms with Crippen LogP contribution in [0.15, 0.2) is 54.7 Å². The first kappa shape index (κ1) is 25.3. The van der Waals surface area contributed by atoms with Crippen LogP contribution in [0, 0.1) is 0 Å². The van der Waals surface area contributed by atoms with Crippen LogP contribution < -0.4 is 5.73 Å². The van der Waals surface area contributed by atoms with E-state index in [1.807, 2.05) is 32.9 Å². The van der Waals surface area contributed by atoms with Crippen LogP contribution in [0.1, 0.15) is 50.8 Å². The second-order valence-corrected chi connectivity index (χ2v) is 11.5. The zero-order chi connectivity index (χ0) is 27.1. The summed E-state index contributed by atoms with van der Waals surface area (Å²) in [6.45, 7) is 9.46. The molecule has 6 rings (SSSR count). The van der Waals surface area contributed by atoms with Crippen molar-refractivity contribution in [3.05, 3.63) is 66.0 Å². The lowest BCUT2D eigenvalue weighted by molar-refractivity contribution is 0.0139. The summed E-state index contributed by atoms with van der Waals surface area (Å²) in [6, 6.07) is 16.5. The van der Waals surface area contributed by atoms with Gasteiger partial charge in [0, 0.05) is 56.2 Å². The quantitative estimate of drug-likeness (QED) is 0.391. The first-order chi connectivity index (χ1) is 18.7. The molecule has 0 unspecified atom stereocenters. The van der Waals surface area contributed by atoms with Gasteiger partial charge >= 0.3 is 6.09 Å². The molecule has 39 heavy (non-hydrogen) atoms. The number of fused-ring (bicyclic) bond motifs is 1. The highest BCUT2D eigenvalue weighted by atomic mass is 16.6. The minimum Gasteiger partial charge on any atom is -0.444 e. The van der Waals surface area contributed by atoms with Crippen molar-refractivity contribution in [2.75, 3.05) is 31.9 Å². The third kappa shape index (κ3) is 5.45. The molecule has 0 radical (unpaired) electrons. The lowest BCUT2D eigenvalue weighted by atomic mass is 10.1. The highest BCUT2D eigenvalue weighted by Crippen LogP contribution is 2.40. The highest BCUT2D eigenvalue weighted by molar-refractivity contribution is 5.83. The van der Waals surface area contributed by atoms with Crippen molar-refractivity contribution in [2.24, 2.45) is 0 Å². The van der Waals surface area contributed by atoms with Crippen LogP contribution in [0.2, 0.25) is 0 Å². The number of nitrogen functional groups attached to an aromatic ring is 1. The van der Waals surface area contributed by atoms with Crippen molar-refractivity contribution in [3.8, 4) is 17.1 Å². The van der Waals surface area contributed by atoms with Crippen LogP contribution >= 0.6 is 0 Å². The summed E-state index contributed by atoms with van der Waals surface area (Å²) in [4.78, 5) is 30.8. The molecule has 9 heteroatoms. The summed E-state index contributed by atoms with van der Waals surface area (Å²) in [5.41, 5.74) is 11.6. The number of carbonyl (C=O) groups excluding carboxylic acids is 1. The molecule has 1 aliphatic heterocycles. The topological polar surface area (TPSA) is 102 Å². The maximum atomic E-state index is 12.4. The molecule has 2 fully saturated rings. The van der Waals surface area contributed by atoms with Crippen molar-refractivity contribution < 1.29 is 9.53 Å². The van der Waals surface area contributed by atoms with Crippen molar-refractivity contribution in [1.29, 1.82) is 0 Å². The molecule has 0 atom stereocenters. The average molecular weight is 526 g/mol. The number of nitrogens with zero attached hydrogens (tertiary/aromatic N) is 6. The Hall–Kier alpha value is -3.98. The van der Waals surface area contributed by atoms with Gasteiger partial charge in [-0.25, -0.2) is 19.7 Å². The second kappa shape index (κ2) is 9.96. The van der Waals surface area contributed by atoms with E-state index < -0.39 is 5.60 Å². The third-order valence-electron chi connectivity index (χ3n) is 7.23. The number of hydrogen-bond acceptors (Lipinski definition) is 7. The molecule has 1 aliphatic carbocycles. The van der Waals surface area contributed by atoms with Gasteiger partial charge < -0.3 is 15.4 Å². The Bertz CT molecular complexity index is 1490. The Kier molecular flexibility index (Phi) is 6.46. The van der Waals surface area contributed by atoms with Gasteiger partial charge in [0.2, 0.25) is 0 Å². The largest absolute Gasteiger partial charge is 0.444 e. The lowest BCUT2D eigenvalue weighted by Gasteiger charge is -2.35. The molecule has 0 bridgehead atoms. The first-order valence-electron chi connectivity index (χ1n) is 13.6. The van der Waals surface area contributed by atoms with Crippen LogP contribution in [-0.4, -0.2) is 67.2 Å². The fourth-order valence-electron chi connectivity index (χ4n) is 5.03. The van der Waals surface area contributed by atoms with Crippen LogP contribution in [0.25, 0.3) is 28.2 Å². The number of imidazole rings is 1. The number of carbonyl (C=O) groups is 1. The molecule has 1 saturated carbocycles. The Balaban J connectivity index is 1.23. The van der Waals surface area contributed by atoms with E-state index in [4.69, 9.17) is 20.4 Å². The van der Waals surface area contributed by atoms with E-state index in [9.17, 15) is 4.79 Å². The fourth-order valence-corrected chi connectivity index (χ4v) is 5.03. The number of rotatable bonds is 5. The highest BCUT2D eigenvalue weighted by Gasteiger charge is 2.27. The van der Waals surface area contributed by atoms with Gasteiger partial charge in [-0.1, -0.05) is 12.1 Å². The first-order valence-corrected chi connectivity index (χ1v) is 13.6. The Labute approximate surface area is 228 Å². The van der Waals surface area contributed by atoms with Gasteiger partial charge in [-0.3, -0.25) is 9.47 Å².